The average molecular weight is 324 g/mol. The van der Waals surface area contributed by atoms with E-state index >= 15 is 0 Å². The van der Waals surface area contributed by atoms with E-state index in [1.165, 1.54) is 0 Å². The van der Waals surface area contributed by atoms with Crippen molar-refractivity contribution in [2.45, 2.75) is 20.3 Å². The Balaban J connectivity index is 2.06. The molecule has 21 heavy (non-hydrogen) atoms. The summed E-state index contributed by atoms with van der Waals surface area (Å²) in [7, 11) is 0. The maximum absolute atomic E-state index is 12.2. The van der Waals surface area contributed by atoms with Crippen molar-refractivity contribution in [1.29, 1.82) is 0 Å². The summed E-state index contributed by atoms with van der Waals surface area (Å²) in [5.41, 5.74) is 0. The Morgan fingerprint density at radius 1 is 1.38 bits per heavy atom. The van der Waals surface area contributed by atoms with Crippen LogP contribution in [0, 0.1) is 6.92 Å². The fraction of sp³-hybridized carbons (Fsp3) is 0.357. The molecule has 2 heterocycles. The van der Waals surface area contributed by atoms with Gasteiger partial charge < -0.3 is 5.32 Å². The number of imide groups is 1. The van der Waals surface area contributed by atoms with E-state index in [1.807, 2.05) is 26.0 Å². The zero-order chi connectivity index (χ0) is 15.4. The summed E-state index contributed by atoms with van der Waals surface area (Å²) in [6.07, 6.45) is 2.51. The highest BCUT2D eigenvalue weighted by Gasteiger charge is 2.36. The molecule has 0 atom stereocenters. The number of hydrogen-bond donors (Lipinski definition) is 1. The molecule has 1 aliphatic heterocycles. The van der Waals surface area contributed by atoms with Gasteiger partial charge in [0.1, 0.15) is 6.54 Å². The first-order chi connectivity index (χ1) is 10.0. The molecule has 0 bridgehead atoms. The minimum Gasteiger partial charge on any atom is -0.355 e. The molecule has 0 aromatic carbocycles. The van der Waals surface area contributed by atoms with Gasteiger partial charge in [0.15, 0.2) is 0 Å². The zero-order valence-electron chi connectivity index (χ0n) is 11.8. The first-order valence-electron chi connectivity index (χ1n) is 6.59. The number of aryl methyl sites for hydroxylation is 1. The quantitative estimate of drug-likeness (QED) is 0.846. The summed E-state index contributed by atoms with van der Waals surface area (Å²) in [4.78, 5) is 39.1. The summed E-state index contributed by atoms with van der Waals surface area (Å²) < 4.78 is 0. The highest BCUT2D eigenvalue weighted by molar-refractivity contribution is 8.18. The Hall–Kier alpha value is -1.60. The predicted molar refractivity (Wildman–Crippen MR) is 85.0 cm³/mol. The van der Waals surface area contributed by atoms with E-state index in [1.54, 1.807) is 17.4 Å². The molecular weight excluding hydrogens is 308 g/mol. The Kier molecular flexibility index (Phi) is 5.19. The summed E-state index contributed by atoms with van der Waals surface area (Å²) in [5, 5.41) is 2.26. The second kappa shape index (κ2) is 6.91. The largest absolute Gasteiger partial charge is 0.355 e. The molecule has 1 fully saturated rings. The summed E-state index contributed by atoms with van der Waals surface area (Å²) >= 11 is 2.43. The molecule has 1 saturated heterocycles. The third-order valence-electron chi connectivity index (χ3n) is 2.78. The van der Waals surface area contributed by atoms with Crippen LogP contribution in [0.5, 0.6) is 0 Å². The molecule has 0 unspecified atom stereocenters. The summed E-state index contributed by atoms with van der Waals surface area (Å²) in [5.74, 6) is -0.713. The number of carbonyl (C=O) groups is 3. The second-order valence-corrected chi connectivity index (χ2v) is 6.88. The Bertz CT molecular complexity index is 607. The average Bonchev–Trinajstić information content (AvgIpc) is 2.95. The predicted octanol–water partition coefficient (Wildman–Crippen LogP) is 2.62. The van der Waals surface area contributed by atoms with Crippen LogP contribution in [-0.2, 0) is 9.59 Å². The molecule has 1 aliphatic rings. The van der Waals surface area contributed by atoms with Crippen LogP contribution in [0.15, 0.2) is 17.0 Å². The topological polar surface area (TPSA) is 66.5 Å². The van der Waals surface area contributed by atoms with Crippen LogP contribution in [0.3, 0.4) is 0 Å². The van der Waals surface area contributed by atoms with Crippen molar-refractivity contribution in [1.82, 2.24) is 10.2 Å². The molecule has 0 saturated carbocycles. The molecule has 3 amide bonds. The number of rotatable bonds is 5. The van der Waals surface area contributed by atoms with Crippen molar-refractivity contribution >= 4 is 46.2 Å². The van der Waals surface area contributed by atoms with Gasteiger partial charge in [-0.25, -0.2) is 0 Å². The molecule has 5 nitrogen and oxygen atoms in total. The number of nitrogens with zero attached hydrogens (tertiary/aromatic N) is 1. The maximum Gasteiger partial charge on any atom is 0.294 e. The first kappa shape index (κ1) is 15.8. The van der Waals surface area contributed by atoms with Gasteiger partial charge in [0, 0.05) is 16.3 Å². The van der Waals surface area contributed by atoms with Gasteiger partial charge in [-0.15, -0.1) is 11.3 Å². The fourth-order valence-corrected chi connectivity index (χ4v) is 3.48. The molecule has 0 aliphatic carbocycles. The third-order valence-corrected chi connectivity index (χ3v) is 4.64. The monoisotopic (exact) mass is 324 g/mol. The number of thiophene rings is 1. The normalized spacial score (nSPS) is 16.9. The van der Waals surface area contributed by atoms with Crippen molar-refractivity contribution in [3.8, 4) is 0 Å². The van der Waals surface area contributed by atoms with E-state index < -0.39 is 11.1 Å². The van der Waals surface area contributed by atoms with Crippen molar-refractivity contribution < 1.29 is 14.4 Å². The lowest BCUT2D eigenvalue weighted by atomic mass is 10.3. The van der Waals surface area contributed by atoms with Crippen LogP contribution in [-0.4, -0.2) is 35.0 Å². The number of amides is 3. The van der Waals surface area contributed by atoms with Crippen LogP contribution < -0.4 is 5.32 Å². The maximum atomic E-state index is 12.2. The lowest BCUT2D eigenvalue weighted by Crippen LogP contribution is -2.39. The fourth-order valence-electron chi connectivity index (χ4n) is 1.76. The highest BCUT2D eigenvalue weighted by Crippen LogP contribution is 2.33. The van der Waals surface area contributed by atoms with Crippen molar-refractivity contribution in [2.75, 3.05) is 13.1 Å². The van der Waals surface area contributed by atoms with E-state index in [0.29, 0.717) is 11.4 Å². The molecule has 112 valence electrons. The van der Waals surface area contributed by atoms with Gasteiger partial charge in [-0.3, -0.25) is 19.3 Å². The van der Waals surface area contributed by atoms with Crippen LogP contribution in [0.25, 0.3) is 6.08 Å². The highest BCUT2D eigenvalue weighted by atomic mass is 32.2. The zero-order valence-corrected chi connectivity index (χ0v) is 13.5. The second-order valence-electron chi connectivity index (χ2n) is 4.57. The van der Waals surface area contributed by atoms with Crippen molar-refractivity contribution in [3.63, 3.8) is 0 Å². The van der Waals surface area contributed by atoms with Gasteiger partial charge in [0.25, 0.3) is 11.1 Å². The molecule has 1 N–H and O–H groups in total. The molecular formula is C14H16N2O3S2. The van der Waals surface area contributed by atoms with Gasteiger partial charge in [-0.2, -0.15) is 0 Å². The molecule has 0 radical (unpaired) electrons. The van der Waals surface area contributed by atoms with E-state index in [4.69, 9.17) is 0 Å². The van der Waals surface area contributed by atoms with E-state index in [2.05, 4.69) is 5.32 Å². The van der Waals surface area contributed by atoms with Crippen LogP contribution in [0.1, 0.15) is 23.1 Å². The lowest BCUT2D eigenvalue weighted by Gasteiger charge is -2.11. The van der Waals surface area contributed by atoms with E-state index in [0.717, 1.165) is 32.8 Å². The smallest absolute Gasteiger partial charge is 0.294 e. The minimum atomic E-state index is -0.400. The van der Waals surface area contributed by atoms with Crippen LogP contribution in [0.4, 0.5) is 4.79 Å². The van der Waals surface area contributed by atoms with Gasteiger partial charge in [0.05, 0.1) is 4.91 Å². The summed E-state index contributed by atoms with van der Waals surface area (Å²) in [6, 6.07) is 3.86. The molecule has 1 aromatic heterocycles. The van der Waals surface area contributed by atoms with E-state index in [9.17, 15) is 14.4 Å². The number of hydrogen-bond acceptors (Lipinski definition) is 5. The van der Waals surface area contributed by atoms with Crippen LogP contribution >= 0.6 is 23.1 Å². The Labute approximate surface area is 131 Å². The SMILES string of the molecule is CCCNC(=O)CN1C(=O)S/C(=C\c2ccc(C)s2)C1=O. The van der Waals surface area contributed by atoms with Gasteiger partial charge in [-0.05, 0) is 43.3 Å². The molecule has 1 aromatic rings. The van der Waals surface area contributed by atoms with Gasteiger partial charge in [0.2, 0.25) is 5.91 Å². The van der Waals surface area contributed by atoms with Gasteiger partial charge in [-0.1, -0.05) is 6.92 Å². The standard InChI is InChI=1S/C14H16N2O3S2/c1-3-6-15-12(17)8-16-13(18)11(21-14(16)19)7-10-5-4-9(2)20-10/h4-5,7H,3,6,8H2,1-2H3,(H,15,17)/b11-7-. The Morgan fingerprint density at radius 2 is 2.14 bits per heavy atom. The van der Waals surface area contributed by atoms with E-state index in [-0.39, 0.29) is 12.5 Å². The number of nitrogens with one attached hydrogen (secondary N) is 1. The summed E-state index contributed by atoms with van der Waals surface area (Å²) in [6.45, 7) is 4.24. The Morgan fingerprint density at radius 3 is 2.76 bits per heavy atom. The molecule has 7 heteroatoms. The molecule has 0 spiro atoms. The van der Waals surface area contributed by atoms with Gasteiger partial charge >= 0.3 is 0 Å². The number of carbonyl (C=O) groups excluding carboxylic acids is 3. The minimum absolute atomic E-state index is 0.217. The first-order valence-corrected chi connectivity index (χ1v) is 8.23. The van der Waals surface area contributed by atoms with Crippen molar-refractivity contribution in [2.24, 2.45) is 0 Å². The van der Waals surface area contributed by atoms with Crippen molar-refractivity contribution in [3.05, 3.63) is 26.8 Å². The third kappa shape index (κ3) is 3.95. The van der Waals surface area contributed by atoms with Crippen LogP contribution in [0.2, 0.25) is 0 Å². The number of thioether (sulfide) groups is 1. The lowest BCUT2D eigenvalue weighted by molar-refractivity contribution is -0.129. The molecule has 2 rings (SSSR count).